The molecule has 0 saturated heterocycles. The molecule has 0 saturated carbocycles. The van der Waals surface area contributed by atoms with Crippen molar-refractivity contribution in [2.45, 2.75) is 13.3 Å². The maximum atomic E-state index is 11.2. The summed E-state index contributed by atoms with van der Waals surface area (Å²) < 4.78 is 10.6. The zero-order valence-corrected chi connectivity index (χ0v) is 10.6. The summed E-state index contributed by atoms with van der Waals surface area (Å²) in [5.74, 6) is 0.211. The maximum absolute atomic E-state index is 11.2. The van der Waals surface area contributed by atoms with E-state index in [9.17, 15) is 9.90 Å². The Morgan fingerprint density at radius 3 is 2.79 bits per heavy atom. The van der Waals surface area contributed by atoms with Gasteiger partial charge in [-0.2, -0.15) is 0 Å². The van der Waals surface area contributed by atoms with Crippen molar-refractivity contribution in [3.63, 3.8) is 0 Å². The van der Waals surface area contributed by atoms with Gasteiger partial charge in [0.05, 0.1) is 6.61 Å². The average molecular weight is 264 g/mol. The van der Waals surface area contributed by atoms with Gasteiger partial charge in [-0.3, -0.25) is 0 Å². The van der Waals surface area contributed by atoms with E-state index in [4.69, 9.17) is 14.3 Å². The minimum Gasteiger partial charge on any atom is -0.504 e. The molecule has 0 aliphatic carbocycles. The Balaban J connectivity index is 2.28. The summed E-state index contributed by atoms with van der Waals surface area (Å²) in [5, 5.41) is 19.4. The molecule has 0 spiro atoms. The number of phenols is 1. The van der Waals surface area contributed by atoms with E-state index >= 15 is 0 Å². The second-order valence-electron chi connectivity index (χ2n) is 4.51. The van der Waals surface area contributed by atoms with Gasteiger partial charge in [0.25, 0.3) is 0 Å². The van der Waals surface area contributed by atoms with Crippen LogP contribution in [0.15, 0.2) is 33.5 Å². The van der Waals surface area contributed by atoms with Gasteiger partial charge in [0.2, 0.25) is 5.75 Å². The topological polar surface area (TPSA) is 79.9 Å². The number of hydrogen-bond donors (Lipinski definition) is 2. The fraction of sp³-hybridized carbons (Fsp3) is 0.357. The van der Waals surface area contributed by atoms with Crippen LogP contribution in [0.1, 0.15) is 13.3 Å². The van der Waals surface area contributed by atoms with Gasteiger partial charge in [0.1, 0.15) is 0 Å². The number of aromatic hydroxyl groups is 1. The maximum Gasteiger partial charge on any atom is 0.336 e. The highest BCUT2D eigenvalue weighted by Crippen LogP contribution is 2.34. The zero-order chi connectivity index (χ0) is 13.8. The first-order chi connectivity index (χ1) is 9.11. The predicted molar refractivity (Wildman–Crippen MR) is 70.5 cm³/mol. The number of phenolic OH excluding ortho intramolecular Hbond substituents is 1. The molecule has 0 aliphatic heterocycles. The molecule has 1 atom stereocenters. The third kappa shape index (κ3) is 3.06. The molecule has 5 nitrogen and oxygen atoms in total. The molecule has 5 heteroatoms. The summed E-state index contributed by atoms with van der Waals surface area (Å²) >= 11 is 0. The van der Waals surface area contributed by atoms with Crippen LogP contribution >= 0.6 is 0 Å². The third-order valence-electron chi connectivity index (χ3n) is 2.89. The number of ether oxygens (including phenoxy) is 1. The molecule has 0 bridgehead atoms. The number of benzene rings is 1. The van der Waals surface area contributed by atoms with Crippen molar-refractivity contribution >= 4 is 11.0 Å². The zero-order valence-electron chi connectivity index (χ0n) is 10.6. The summed E-state index contributed by atoms with van der Waals surface area (Å²) in [7, 11) is 0. The van der Waals surface area contributed by atoms with E-state index in [2.05, 4.69) is 0 Å². The Morgan fingerprint density at radius 1 is 1.32 bits per heavy atom. The van der Waals surface area contributed by atoms with Crippen LogP contribution in [0.2, 0.25) is 0 Å². The van der Waals surface area contributed by atoms with E-state index in [0.29, 0.717) is 18.4 Å². The van der Waals surface area contributed by atoms with Gasteiger partial charge in [-0.1, -0.05) is 6.92 Å². The molecule has 1 unspecified atom stereocenters. The molecular weight excluding hydrogens is 248 g/mol. The van der Waals surface area contributed by atoms with Gasteiger partial charge in [0.15, 0.2) is 11.3 Å². The highest BCUT2D eigenvalue weighted by Gasteiger charge is 2.12. The lowest BCUT2D eigenvalue weighted by atomic mass is 10.1. The van der Waals surface area contributed by atoms with Crippen LogP contribution in [0.4, 0.5) is 0 Å². The number of fused-ring (bicyclic) bond motifs is 1. The average Bonchev–Trinajstić information content (AvgIpc) is 2.41. The molecule has 19 heavy (non-hydrogen) atoms. The first-order valence-electron chi connectivity index (χ1n) is 6.11. The second-order valence-corrected chi connectivity index (χ2v) is 4.51. The fourth-order valence-corrected chi connectivity index (χ4v) is 1.69. The monoisotopic (exact) mass is 264 g/mol. The molecule has 2 N–H and O–H groups in total. The van der Waals surface area contributed by atoms with Crippen molar-refractivity contribution in [2.24, 2.45) is 5.92 Å². The van der Waals surface area contributed by atoms with Gasteiger partial charge < -0.3 is 19.4 Å². The van der Waals surface area contributed by atoms with Crippen LogP contribution in [-0.4, -0.2) is 23.4 Å². The minimum absolute atomic E-state index is 0.0708. The lowest BCUT2D eigenvalue weighted by Crippen LogP contribution is -2.08. The standard InChI is InChI=1S/C14H16O5/c1-9(8-15)6-7-18-14-11(16)4-2-10-3-5-12(17)19-13(10)14/h2-5,9,15-16H,6-8H2,1H3. The Labute approximate surface area is 110 Å². The van der Waals surface area contributed by atoms with E-state index in [1.54, 1.807) is 12.1 Å². The smallest absolute Gasteiger partial charge is 0.336 e. The van der Waals surface area contributed by atoms with Gasteiger partial charge in [-0.25, -0.2) is 4.79 Å². The van der Waals surface area contributed by atoms with E-state index in [1.807, 2.05) is 6.92 Å². The molecule has 1 aromatic heterocycles. The third-order valence-corrected chi connectivity index (χ3v) is 2.89. The molecule has 0 aliphatic rings. The second kappa shape index (κ2) is 5.75. The van der Waals surface area contributed by atoms with E-state index in [-0.39, 0.29) is 29.6 Å². The molecule has 102 valence electrons. The molecule has 0 fully saturated rings. The van der Waals surface area contributed by atoms with E-state index in [0.717, 1.165) is 0 Å². The molecule has 0 radical (unpaired) electrons. The largest absolute Gasteiger partial charge is 0.504 e. The van der Waals surface area contributed by atoms with Gasteiger partial charge in [-0.05, 0) is 30.5 Å². The normalized spacial score (nSPS) is 12.5. The van der Waals surface area contributed by atoms with Crippen molar-refractivity contribution in [1.29, 1.82) is 0 Å². The minimum atomic E-state index is -0.494. The van der Waals surface area contributed by atoms with Crippen molar-refractivity contribution in [3.8, 4) is 11.5 Å². The Kier molecular flexibility index (Phi) is 4.06. The molecular formula is C14H16O5. The quantitative estimate of drug-likeness (QED) is 0.806. The van der Waals surface area contributed by atoms with Gasteiger partial charge in [0, 0.05) is 18.1 Å². The summed E-state index contributed by atoms with van der Waals surface area (Å²) in [6.07, 6.45) is 0.642. The Morgan fingerprint density at radius 2 is 2.05 bits per heavy atom. The highest BCUT2D eigenvalue weighted by molar-refractivity contribution is 5.84. The number of aliphatic hydroxyl groups excluding tert-OH is 1. The number of hydrogen-bond acceptors (Lipinski definition) is 5. The van der Waals surface area contributed by atoms with Crippen LogP contribution in [-0.2, 0) is 0 Å². The first kappa shape index (κ1) is 13.4. The van der Waals surface area contributed by atoms with Crippen molar-refractivity contribution in [3.05, 3.63) is 34.7 Å². The molecule has 0 amide bonds. The first-order valence-corrected chi connectivity index (χ1v) is 6.11. The number of rotatable bonds is 5. The van der Waals surface area contributed by atoms with E-state index < -0.39 is 5.63 Å². The molecule has 2 aromatic rings. The molecule has 1 heterocycles. The van der Waals surface area contributed by atoms with Crippen LogP contribution in [0.25, 0.3) is 11.0 Å². The Bertz CT molecular complexity index is 617. The lowest BCUT2D eigenvalue weighted by Gasteiger charge is -2.11. The van der Waals surface area contributed by atoms with Crippen LogP contribution in [0.3, 0.4) is 0 Å². The fourth-order valence-electron chi connectivity index (χ4n) is 1.69. The summed E-state index contributed by atoms with van der Waals surface area (Å²) in [6, 6.07) is 6.07. The Hall–Kier alpha value is -2.01. The van der Waals surface area contributed by atoms with Crippen molar-refractivity contribution in [2.75, 3.05) is 13.2 Å². The number of aliphatic hydroxyl groups is 1. The van der Waals surface area contributed by atoms with Crippen LogP contribution in [0, 0.1) is 5.92 Å². The van der Waals surface area contributed by atoms with E-state index in [1.165, 1.54) is 12.1 Å². The SMILES string of the molecule is CC(CO)CCOc1c(O)ccc2ccc(=O)oc12. The summed E-state index contributed by atoms with van der Waals surface area (Å²) in [5.41, 5.74) is -0.254. The van der Waals surface area contributed by atoms with Crippen molar-refractivity contribution < 1.29 is 19.4 Å². The van der Waals surface area contributed by atoms with Gasteiger partial charge in [-0.15, -0.1) is 0 Å². The highest BCUT2D eigenvalue weighted by atomic mass is 16.5. The molecule has 2 rings (SSSR count). The van der Waals surface area contributed by atoms with Crippen LogP contribution < -0.4 is 10.4 Å². The molecule has 1 aromatic carbocycles. The van der Waals surface area contributed by atoms with Crippen molar-refractivity contribution in [1.82, 2.24) is 0 Å². The summed E-state index contributed by atoms with van der Waals surface area (Å²) in [4.78, 5) is 11.2. The summed E-state index contributed by atoms with van der Waals surface area (Å²) in [6.45, 7) is 2.30. The van der Waals surface area contributed by atoms with Gasteiger partial charge >= 0.3 is 5.63 Å². The lowest BCUT2D eigenvalue weighted by molar-refractivity contribution is 0.200. The predicted octanol–water partition coefficient (Wildman–Crippen LogP) is 1.90. The van der Waals surface area contributed by atoms with Crippen LogP contribution in [0.5, 0.6) is 11.5 Å².